The molecule has 0 bridgehead atoms. The van der Waals surface area contributed by atoms with Crippen molar-refractivity contribution in [3.8, 4) is 5.75 Å². The lowest BCUT2D eigenvalue weighted by Crippen LogP contribution is -2.27. The maximum Gasteiger partial charge on any atom is 0.412 e. The van der Waals surface area contributed by atoms with Crippen LogP contribution in [0.1, 0.15) is 46.1 Å². The highest BCUT2D eigenvalue weighted by Gasteiger charge is 2.58. The number of benzene rings is 1. The Bertz CT molecular complexity index is 576. The molecule has 2 atom stereocenters. The third-order valence-corrected chi connectivity index (χ3v) is 4.31. The smallest absolute Gasteiger partial charge is 0.412 e. The number of ether oxygens (including phenoxy) is 1. The van der Waals surface area contributed by atoms with Crippen LogP contribution in [0.2, 0.25) is 0 Å². The maximum atomic E-state index is 12.0. The molecule has 0 saturated heterocycles. The van der Waals surface area contributed by atoms with Gasteiger partial charge < -0.3 is 15.6 Å². The van der Waals surface area contributed by atoms with Crippen LogP contribution >= 0.6 is 0 Å². The summed E-state index contributed by atoms with van der Waals surface area (Å²) < 4.78 is 5.29. The second-order valence-corrected chi connectivity index (χ2v) is 7.54. The number of anilines is 1. The Labute approximate surface area is 131 Å². The lowest BCUT2D eigenvalue weighted by Gasteiger charge is -2.21. The molecule has 0 spiro atoms. The minimum atomic E-state index is -0.556. The van der Waals surface area contributed by atoms with Gasteiger partial charge in [-0.05, 0) is 68.3 Å². The van der Waals surface area contributed by atoms with Crippen molar-refractivity contribution in [1.29, 1.82) is 0 Å². The SMILES string of the molecule is CC(C)(C)OC(=O)Nc1ccc(O)cc1C1C(CN)C1(C)C. The minimum absolute atomic E-state index is 0.0624. The number of carbonyl (C=O) groups is 1. The van der Waals surface area contributed by atoms with Crippen molar-refractivity contribution >= 4 is 11.8 Å². The fourth-order valence-electron chi connectivity index (χ4n) is 3.14. The van der Waals surface area contributed by atoms with Crippen LogP contribution in [0.4, 0.5) is 10.5 Å². The van der Waals surface area contributed by atoms with Crippen LogP contribution in [-0.2, 0) is 4.74 Å². The minimum Gasteiger partial charge on any atom is -0.508 e. The number of amides is 1. The summed E-state index contributed by atoms with van der Waals surface area (Å²) in [5, 5.41) is 12.6. The van der Waals surface area contributed by atoms with E-state index >= 15 is 0 Å². The molecule has 1 amide bonds. The molecule has 122 valence electrons. The standard InChI is InChI=1S/C17H26N2O3/c1-16(2,3)22-15(21)19-13-7-6-10(20)8-11(13)14-12(9-18)17(14,4)5/h6-8,12,14,20H,9,18H2,1-5H3,(H,19,21). The van der Waals surface area contributed by atoms with Crippen LogP contribution < -0.4 is 11.1 Å². The number of nitrogens with one attached hydrogen (secondary N) is 1. The summed E-state index contributed by atoms with van der Waals surface area (Å²) in [5.74, 6) is 0.742. The van der Waals surface area contributed by atoms with E-state index in [-0.39, 0.29) is 17.1 Å². The zero-order valence-corrected chi connectivity index (χ0v) is 13.9. The predicted octanol–water partition coefficient (Wildman–Crippen LogP) is 3.44. The molecule has 0 aromatic heterocycles. The molecule has 0 radical (unpaired) electrons. The number of hydrogen-bond acceptors (Lipinski definition) is 4. The van der Waals surface area contributed by atoms with E-state index in [9.17, 15) is 9.90 Å². The quantitative estimate of drug-likeness (QED) is 0.747. The van der Waals surface area contributed by atoms with E-state index in [0.29, 0.717) is 18.2 Å². The Morgan fingerprint density at radius 3 is 2.55 bits per heavy atom. The number of nitrogens with two attached hydrogens (primary N) is 1. The van der Waals surface area contributed by atoms with E-state index < -0.39 is 11.7 Å². The van der Waals surface area contributed by atoms with Gasteiger partial charge in [0.05, 0.1) is 0 Å². The monoisotopic (exact) mass is 306 g/mol. The van der Waals surface area contributed by atoms with Crippen LogP contribution in [0.5, 0.6) is 5.75 Å². The van der Waals surface area contributed by atoms with Gasteiger partial charge in [0.2, 0.25) is 0 Å². The summed E-state index contributed by atoms with van der Waals surface area (Å²) in [6.07, 6.45) is -0.498. The average Bonchev–Trinajstić information content (AvgIpc) is 2.90. The van der Waals surface area contributed by atoms with E-state index in [1.54, 1.807) is 18.2 Å². The molecule has 1 aromatic carbocycles. The third-order valence-electron chi connectivity index (χ3n) is 4.31. The van der Waals surface area contributed by atoms with Crippen molar-refractivity contribution in [2.24, 2.45) is 17.1 Å². The van der Waals surface area contributed by atoms with Crippen molar-refractivity contribution in [2.75, 3.05) is 11.9 Å². The predicted molar refractivity (Wildman–Crippen MR) is 87.0 cm³/mol. The van der Waals surface area contributed by atoms with Gasteiger partial charge in [-0.1, -0.05) is 13.8 Å². The van der Waals surface area contributed by atoms with Gasteiger partial charge in [0.1, 0.15) is 11.4 Å². The van der Waals surface area contributed by atoms with E-state index in [1.165, 1.54) is 0 Å². The number of hydrogen-bond donors (Lipinski definition) is 3. The number of phenols is 1. The molecule has 1 aliphatic rings. The van der Waals surface area contributed by atoms with Crippen molar-refractivity contribution < 1.29 is 14.6 Å². The van der Waals surface area contributed by atoms with E-state index in [0.717, 1.165) is 5.56 Å². The number of carbonyl (C=O) groups excluding carboxylic acids is 1. The van der Waals surface area contributed by atoms with Crippen LogP contribution in [0.25, 0.3) is 0 Å². The lowest BCUT2D eigenvalue weighted by molar-refractivity contribution is 0.0635. The molecule has 2 unspecified atom stereocenters. The second kappa shape index (κ2) is 5.47. The molecule has 5 nitrogen and oxygen atoms in total. The molecule has 0 aliphatic heterocycles. The molecule has 2 rings (SSSR count). The normalized spacial score (nSPS) is 23.0. The van der Waals surface area contributed by atoms with Crippen molar-refractivity contribution in [3.63, 3.8) is 0 Å². The fourth-order valence-corrected chi connectivity index (χ4v) is 3.14. The second-order valence-electron chi connectivity index (χ2n) is 7.54. The van der Waals surface area contributed by atoms with E-state index in [2.05, 4.69) is 19.2 Å². The first-order valence-corrected chi connectivity index (χ1v) is 7.59. The Morgan fingerprint density at radius 1 is 1.41 bits per heavy atom. The summed E-state index contributed by atoms with van der Waals surface area (Å²) in [6, 6.07) is 4.97. The highest BCUT2D eigenvalue weighted by molar-refractivity contribution is 5.86. The fraction of sp³-hybridized carbons (Fsp3) is 0.588. The Balaban J connectivity index is 2.25. The highest BCUT2D eigenvalue weighted by Crippen LogP contribution is 2.65. The van der Waals surface area contributed by atoms with Gasteiger partial charge in [0.15, 0.2) is 0 Å². The van der Waals surface area contributed by atoms with Gasteiger partial charge in [-0.2, -0.15) is 0 Å². The largest absolute Gasteiger partial charge is 0.508 e. The Kier molecular flexibility index (Phi) is 4.13. The summed E-state index contributed by atoms with van der Waals surface area (Å²) in [5.41, 5.74) is 6.92. The van der Waals surface area contributed by atoms with Crippen LogP contribution in [0.15, 0.2) is 18.2 Å². The Morgan fingerprint density at radius 2 is 2.05 bits per heavy atom. The van der Waals surface area contributed by atoms with Gasteiger partial charge in [0, 0.05) is 5.69 Å². The molecular formula is C17H26N2O3. The van der Waals surface area contributed by atoms with Crippen molar-refractivity contribution in [1.82, 2.24) is 0 Å². The topological polar surface area (TPSA) is 84.6 Å². The number of phenolic OH excluding ortho intramolecular Hbond substituents is 1. The molecule has 1 aromatic rings. The van der Waals surface area contributed by atoms with Gasteiger partial charge in [-0.15, -0.1) is 0 Å². The number of aromatic hydroxyl groups is 1. The third kappa shape index (κ3) is 3.35. The molecule has 22 heavy (non-hydrogen) atoms. The molecule has 1 aliphatic carbocycles. The summed E-state index contributed by atoms with van der Waals surface area (Å²) >= 11 is 0. The van der Waals surface area contributed by atoms with Crippen LogP contribution in [-0.4, -0.2) is 23.3 Å². The summed E-state index contributed by atoms with van der Waals surface area (Å²) in [4.78, 5) is 12.0. The van der Waals surface area contributed by atoms with Gasteiger partial charge in [0.25, 0.3) is 0 Å². The first kappa shape index (κ1) is 16.6. The van der Waals surface area contributed by atoms with Crippen molar-refractivity contribution in [2.45, 2.75) is 46.1 Å². The lowest BCUT2D eigenvalue weighted by atomic mass is 10.0. The highest BCUT2D eigenvalue weighted by atomic mass is 16.6. The summed E-state index contributed by atoms with van der Waals surface area (Å²) in [7, 11) is 0. The first-order valence-electron chi connectivity index (χ1n) is 7.59. The molecule has 5 heteroatoms. The van der Waals surface area contributed by atoms with Crippen LogP contribution in [0.3, 0.4) is 0 Å². The van der Waals surface area contributed by atoms with Crippen LogP contribution in [0, 0.1) is 11.3 Å². The zero-order valence-electron chi connectivity index (χ0n) is 13.9. The van der Waals surface area contributed by atoms with Gasteiger partial charge in [-0.3, -0.25) is 5.32 Å². The van der Waals surface area contributed by atoms with Crippen molar-refractivity contribution in [3.05, 3.63) is 23.8 Å². The van der Waals surface area contributed by atoms with Gasteiger partial charge in [-0.25, -0.2) is 4.79 Å². The van der Waals surface area contributed by atoms with E-state index in [4.69, 9.17) is 10.5 Å². The molecule has 1 fully saturated rings. The summed E-state index contributed by atoms with van der Waals surface area (Å²) in [6.45, 7) is 10.3. The molecular weight excluding hydrogens is 280 g/mol. The van der Waals surface area contributed by atoms with E-state index in [1.807, 2.05) is 20.8 Å². The first-order chi connectivity index (χ1) is 10.1. The Hall–Kier alpha value is -1.75. The molecule has 1 saturated carbocycles. The average molecular weight is 306 g/mol. The molecule has 0 heterocycles. The molecule has 4 N–H and O–H groups in total. The maximum absolute atomic E-state index is 12.0. The zero-order chi connectivity index (χ0) is 16.7. The van der Waals surface area contributed by atoms with Gasteiger partial charge >= 0.3 is 6.09 Å². The number of rotatable bonds is 3.